The summed E-state index contributed by atoms with van der Waals surface area (Å²) >= 11 is 0. The summed E-state index contributed by atoms with van der Waals surface area (Å²) in [6, 6.07) is 7.26. The van der Waals surface area contributed by atoms with Crippen molar-refractivity contribution < 1.29 is 23.8 Å². The van der Waals surface area contributed by atoms with E-state index in [1.165, 1.54) is 7.11 Å². The van der Waals surface area contributed by atoms with E-state index in [2.05, 4.69) is 0 Å². The molecule has 0 radical (unpaired) electrons. The van der Waals surface area contributed by atoms with Crippen LogP contribution in [-0.4, -0.2) is 49.7 Å². The Hall–Kier alpha value is -2.24. The standard InChI is InChI=1S/C15H17NO5/c1-19-15(18)10-6-7-16(8-10)14(17)13-9-20-11-4-2-3-5-12(11)21-13/h2-5,10,13H,6-9H2,1H3. The van der Waals surface area contributed by atoms with Crippen molar-refractivity contribution in [3.05, 3.63) is 24.3 Å². The Morgan fingerprint density at radius 1 is 1.29 bits per heavy atom. The van der Waals surface area contributed by atoms with Crippen LogP contribution in [0.3, 0.4) is 0 Å². The Balaban J connectivity index is 1.64. The molecule has 3 rings (SSSR count). The maximum Gasteiger partial charge on any atom is 0.310 e. The molecule has 1 aromatic rings. The number of ether oxygens (including phenoxy) is 3. The van der Waals surface area contributed by atoms with E-state index in [-0.39, 0.29) is 24.4 Å². The lowest BCUT2D eigenvalue weighted by molar-refractivity contribution is -0.145. The summed E-state index contributed by atoms with van der Waals surface area (Å²) in [4.78, 5) is 25.6. The molecular weight excluding hydrogens is 274 g/mol. The van der Waals surface area contributed by atoms with Gasteiger partial charge in [-0.05, 0) is 18.6 Å². The fraction of sp³-hybridized carbons (Fsp3) is 0.467. The molecular formula is C15H17NO5. The zero-order valence-electron chi connectivity index (χ0n) is 11.8. The topological polar surface area (TPSA) is 65.1 Å². The van der Waals surface area contributed by atoms with Crippen molar-refractivity contribution in [2.45, 2.75) is 12.5 Å². The van der Waals surface area contributed by atoms with E-state index in [0.29, 0.717) is 31.0 Å². The Kier molecular flexibility index (Phi) is 3.68. The van der Waals surface area contributed by atoms with Gasteiger partial charge in [0.1, 0.15) is 6.61 Å². The van der Waals surface area contributed by atoms with Gasteiger partial charge in [0.2, 0.25) is 6.10 Å². The van der Waals surface area contributed by atoms with Crippen LogP contribution in [0.15, 0.2) is 24.3 Å². The Bertz CT molecular complexity index is 559. The summed E-state index contributed by atoms with van der Waals surface area (Å²) in [5.74, 6) is 0.573. The normalized spacial score (nSPS) is 23.8. The van der Waals surface area contributed by atoms with Crippen molar-refractivity contribution in [2.24, 2.45) is 5.92 Å². The van der Waals surface area contributed by atoms with E-state index < -0.39 is 6.10 Å². The molecule has 0 aromatic heterocycles. The Labute approximate surface area is 122 Å². The number of nitrogens with zero attached hydrogens (tertiary/aromatic N) is 1. The second kappa shape index (κ2) is 5.63. The van der Waals surface area contributed by atoms with Gasteiger partial charge in [0, 0.05) is 13.1 Å². The van der Waals surface area contributed by atoms with Crippen LogP contribution >= 0.6 is 0 Å². The molecule has 0 spiro atoms. The number of carbonyl (C=O) groups excluding carboxylic acids is 2. The largest absolute Gasteiger partial charge is 0.485 e. The van der Waals surface area contributed by atoms with Crippen LogP contribution in [0.1, 0.15) is 6.42 Å². The molecule has 112 valence electrons. The zero-order valence-corrected chi connectivity index (χ0v) is 11.8. The van der Waals surface area contributed by atoms with Crippen molar-refractivity contribution in [2.75, 3.05) is 26.8 Å². The molecule has 2 unspecified atom stereocenters. The zero-order chi connectivity index (χ0) is 14.8. The van der Waals surface area contributed by atoms with Gasteiger partial charge in [-0.15, -0.1) is 0 Å². The van der Waals surface area contributed by atoms with E-state index in [1.807, 2.05) is 12.1 Å². The molecule has 0 bridgehead atoms. The number of amides is 1. The van der Waals surface area contributed by atoms with Gasteiger partial charge in [-0.2, -0.15) is 0 Å². The third kappa shape index (κ3) is 2.66. The first-order valence-corrected chi connectivity index (χ1v) is 6.94. The van der Waals surface area contributed by atoms with Crippen molar-refractivity contribution in [3.63, 3.8) is 0 Å². The van der Waals surface area contributed by atoms with Gasteiger partial charge in [0.05, 0.1) is 13.0 Å². The number of rotatable bonds is 2. The highest BCUT2D eigenvalue weighted by Crippen LogP contribution is 2.31. The minimum absolute atomic E-state index is 0.143. The molecule has 1 aromatic carbocycles. The summed E-state index contributed by atoms with van der Waals surface area (Å²) in [7, 11) is 1.36. The molecule has 1 amide bonds. The predicted molar refractivity (Wildman–Crippen MR) is 73.1 cm³/mol. The van der Waals surface area contributed by atoms with Gasteiger partial charge in [-0.1, -0.05) is 12.1 Å². The number of hydrogen-bond donors (Lipinski definition) is 0. The molecule has 6 nitrogen and oxygen atoms in total. The van der Waals surface area contributed by atoms with Gasteiger partial charge in [0.15, 0.2) is 11.5 Å². The molecule has 2 aliphatic rings. The van der Waals surface area contributed by atoms with Crippen LogP contribution < -0.4 is 9.47 Å². The molecule has 6 heteroatoms. The maximum atomic E-state index is 12.4. The number of benzene rings is 1. The summed E-state index contributed by atoms with van der Waals surface area (Å²) in [6.45, 7) is 1.11. The molecule has 2 heterocycles. The van der Waals surface area contributed by atoms with Gasteiger partial charge < -0.3 is 19.1 Å². The molecule has 0 aliphatic carbocycles. The fourth-order valence-electron chi connectivity index (χ4n) is 2.66. The number of hydrogen-bond acceptors (Lipinski definition) is 5. The van der Waals surface area contributed by atoms with Crippen LogP contribution in [0.25, 0.3) is 0 Å². The van der Waals surface area contributed by atoms with E-state index in [4.69, 9.17) is 14.2 Å². The van der Waals surface area contributed by atoms with E-state index in [1.54, 1.807) is 17.0 Å². The first kappa shape index (κ1) is 13.7. The van der Waals surface area contributed by atoms with E-state index in [0.717, 1.165) is 0 Å². The highest BCUT2D eigenvalue weighted by Gasteiger charge is 2.37. The van der Waals surface area contributed by atoms with Crippen LogP contribution in [0.2, 0.25) is 0 Å². The molecule has 21 heavy (non-hydrogen) atoms. The summed E-state index contributed by atoms with van der Waals surface area (Å²) in [6.07, 6.45) is -0.0286. The lowest BCUT2D eigenvalue weighted by Crippen LogP contribution is -2.45. The number of methoxy groups -OCH3 is 1. The SMILES string of the molecule is COC(=O)C1CCN(C(=O)C2COc3ccccc3O2)C1. The van der Waals surface area contributed by atoms with Crippen LogP contribution in [0, 0.1) is 5.92 Å². The van der Waals surface area contributed by atoms with Crippen LogP contribution in [0.4, 0.5) is 0 Å². The third-order valence-electron chi connectivity index (χ3n) is 3.82. The lowest BCUT2D eigenvalue weighted by Gasteiger charge is -2.28. The number of likely N-dealkylation sites (tertiary alicyclic amines) is 1. The maximum absolute atomic E-state index is 12.4. The van der Waals surface area contributed by atoms with Crippen molar-refractivity contribution in [1.82, 2.24) is 4.90 Å². The number of fused-ring (bicyclic) bond motifs is 1. The van der Waals surface area contributed by atoms with Gasteiger partial charge in [-0.3, -0.25) is 9.59 Å². The molecule has 0 N–H and O–H groups in total. The summed E-state index contributed by atoms with van der Waals surface area (Å²) in [5, 5.41) is 0. The predicted octanol–water partition coefficient (Wildman–Crippen LogP) is 0.848. The summed E-state index contributed by atoms with van der Waals surface area (Å²) < 4.78 is 16.0. The van der Waals surface area contributed by atoms with E-state index >= 15 is 0 Å². The Morgan fingerprint density at radius 3 is 2.81 bits per heavy atom. The van der Waals surface area contributed by atoms with Crippen LogP contribution in [-0.2, 0) is 14.3 Å². The van der Waals surface area contributed by atoms with Gasteiger partial charge in [0.25, 0.3) is 5.91 Å². The Morgan fingerprint density at radius 2 is 2.05 bits per heavy atom. The monoisotopic (exact) mass is 291 g/mol. The lowest BCUT2D eigenvalue weighted by atomic mass is 10.1. The van der Waals surface area contributed by atoms with Crippen LogP contribution in [0.5, 0.6) is 11.5 Å². The average Bonchev–Trinajstić information content (AvgIpc) is 3.03. The molecule has 2 aliphatic heterocycles. The number of esters is 1. The molecule has 2 atom stereocenters. The summed E-state index contributed by atoms with van der Waals surface area (Å²) in [5.41, 5.74) is 0. The second-order valence-electron chi connectivity index (χ2n) is 5.16. The second-order valence-corrected chi connectivity index (χ2v) is 5.16. The van der Waals surface area contributed by atoms with Crippen molar-refractivity contribution >= 4 is 11.9 Å². The number of para-hydroxylation sites is 2. The average molecular weight is 291 g/mol. The number of carbonyl (C=O) groups is 2. The van der Waals surface area contributed by atoms with Gasteiger partial charge >= 0.3 is 5.97 Å². The first-order valence-electron chi connectivity index (χ1n) is 6.94. The quantitative estimate of drug-likeness (QED) is 0.756. The molecule has 1 saturated heterocycles. The minimum Gasteiger partial charge on any atom is -0.485 e. The fourth-order valence-corrected chi connectivity index (χ4v) is 2.66. The first-order chi connectivity index (χ1) is 10.2. The van der Waals surface area contributed by atoms with Crippen molar-refractivity contribution in [1.29, 1.82) is 0 Å². The third-order valence-corrected chi connectivity index (χ3v) is 3.82. The highest BCUT2D eigenvalue weighted by atomic mass is 16.6. The van der Waals surface area contributed by atoms with E-state index in [9.17, 15) is 9.59 Å². The molecule has 1 fully saturated rings. The minimum atomic E-state index is -0.656. The smallest absolute Gasteiger partial charge is 0.310 e. The van der Waals surface area contributed by atoms with Gasteiger partial charge in [-0.25, -0.2) is 0 Å². The van der Waals surface area contributed by atoms with Crippen molar-refractivity contribution in [3.8, 4) is 11.5 Å². The highest BCUT2D eigenvalue weighted by molar-refractivity contribution is 5.83. The molecule has 0 saturated carbocycles.